The van der Waals surface area contributed by atoms with Gasteiger partial charge in [-0.1, -0.05) is 93.1 Å². The molecule has 13 nitrogen and oxygen atoms in total. The van der Waals surface area contributed by atoms with E-state index in [2.05, 4.69) is 0 Å². The van der Waals surface area contributed by atoms with Crippen LogP contribution >= 0.6 is 0 Å². The largest absolute Gasteiger partial charge is 0.394 e. The van der Waals surface area contributed by atoms with E-state index in [9.17, 15) is 40.5 Å². The lowest BCUT2D eigenvalue weighted by Gasteiger charge is -2.45. The van der Waals surface area contributed by atoms with Crippen molar-refractivity contribution in [1.82, 2.24) is 0 Å². The van der Waals surface area contributed by atoms with E-state index in [0.717, 1.165) is 50.5 Å². The third kappa shape index (κ3) is 11.3. The highest BCUT2D eigenvalue weighted by Crippen LogP contribution is 2.29. The standard InChI is InChI=1S/C36H52O13/c37-20-26-29(40)30(41)32(43)36(47-26)49-34-27(21-38)48-35(33(44)31(34)42)46-19-11-6-4-2-1-3-5-10-18-45-22-23-14-16-25(17-15-23)28(39)24-12-8-7-9-13-24/h7-9,12-17,26-27,29-38,40-44H,1-6,10-11,18-22H2/t26?,27?,29-,30+,31-,32?,33?,34-,35-,36-/m1/s1. The summed E-state index contributed by atoms with van der Waals surface area (Å²) in [7, 11) is 0. The topological polar surface area (TPSA) is 205 Å². The number of carbonyl (C=O) groups excluding carboxylic acids is 1. The summed E-state index contributed by atoms with van der Waals surface area (Å²) in [5, 5.41) is 70.7. The fourth-order valence-electron chi connectivity index (χ4n) is 5.96. The molecular formula is C36H52O13. The minimum Gasteiger partial charge on any atom is -0.394 e. The number of rotatable bonds is 20. The number of ketones is 1. The summed E-state index contributed by atoms with van der Waals surface area (Å²) in [4.78, 5) is 12.5. The minimum absolute atomic E-state index is 0.00847. The summed E-state index contributed by atoms with van der Waals surface area (Å²) in [6.07, 6.45) is -6.59. The van der Waals surface area contributed by atoms with Crippen LogP contribution in [-0.2, 0) is 30.3 Å². The Morgan fingerprint density at radius 1 is 0.592 bits per heavy atom. The maximum atomic E-state index is 12.5. The van der Waals surface area contributed by atoms with Crippen LogP contribution in [0.5, 0.6) is 0 Å². The van der Waals surface area contributed by atoms with Crippen molar-refractivity contribution in [3.63, 3.8) is 0 Å². The van der Waals surface area contributed by atoms with Crippen LogP contribution < -0.4 is 0 Å². The van der Waals surface area contributed by atoms with E-state index in [4.69, 9.17) is 23.7 Å². The molecule has 2 saturated heterocycles. The van der Waals surface area contributed by atoms with Crippen molar-refractivity contribution < 1.29 is 64.2 Å². The van der Waals surface area contributed by atoms with Crippen molar-refractivity contribution in [3.05, 3.63) is 71.3 Å². The first-order chi connectivity index (χ1) is 23.7. The van der Waals surface area contributed by atoms with Crippen LogP contribution in [0.3, 0.4) is 0 Å². The van der Waals surface area contributed by atoms with Crippen molar-refractivity contribution in [1.29, 1.82) is 0 Å². The van der Waals surface area contributed by atoms with E-state index in [1.165, 1.54) is 0 Å². The molecule has 2 aromatic carbocycles. The molecule has 2 heterocycles. The maximum Gasteiger partial charge on any atom is 0.193 e. The fraction of sp³-hybridized carbons (Fsp3) is 0.639. The highest BCUT2D eigenvalue weighted by Gasteiger charge is 2.50. The lowest BCUT2D eigenvalue weighted by atomic mass is 9.97. The van der Waals surface area contributed by atoms with E-state index in [-0.39, 0.29) is 12.4 Å². The van der Waals surface area contributed by atoms with Gasteiger partial charge >= 0.3 is 0 Å². The van der Waals surface area contributed by atoms with Gasteiger partial charge in [0, 0.05) is 24.3 Å². The van der Waals surface area contributed by atoms with E-state index in [0.29, 0.717) is 30.8 Å². The molecule has 2 aromatic rings. The second-order valence-electron chi connectivity index (χ2n) is 12.6. The second kappa shape index (κ2) is 20.5. The van der Waals surface area contributed by atoms with Crippen molar-refractivity contribution in [2.45, 2.75) is 119 Å². The zero-order valence-electron chi connectivity index (χ0n) is 27.7. The third-order valence-corrected chi connectivity index (χ3v) is 8.95. The normalized spacial score (nSPS) is 30.3. The van der Waals surface area contributed by atoms with Crippen molar-refractivity contribution in [2.75, 3.05) is 26.4 Å². The Hall–Kier alpha value is -2.37. The van der Waals surface area contributed by atoms with Gasteiger partial charge in [-0.3, -0.25) is 4.79 Å². The smallest absolute Gasteiger partial charge is 0.193 e. The molecule has 2 aliphatic rings. The van der Waals surface area contributed by atoms with Gasteiger partial charge in [0.25, 0.3) is 0 Å². The van der Waals surface area contributed by atoms with E-state index in [1.54, 1.807) is 0 Å². The molecular weight excluding hydrogens is 640 g/mol. The van der Waals surface area contributed by atoms with Crippen molar-refractivity contribution in [3.8, 4) is 0 Å². The van der Waals surface area contributed by atoms with Gasteiger partial charge in [0.15, 0.2) is 18.4 Å². The molecule has 7 N–H and O–H groups in total. The predicted octanol–water partition coefficient (Wildman–Crippen LogP) is 1.20. The van der Waals surface area contributed by atoms with Gasteiger partial charge in [-0.15, -0.1) is 0 Å². The molecule has 2 aliphatic heterocycles. The highest BCUT2D eigenvalue weighted by atomic mass is 16.7. The van der Waals surface area contributed by atoms with Crippen LogP contribution in [0, 0.1) is 0 Å². The van der Waals surface area contributed by atoms with Gasteiger partial charge in [0.2, 0.25) is 0 Å². The quantitative estimate of drug-likeness (QED) is 0.0771. The van der Waals surface area contributed by atoms with Gasteiger partial charge in [-0.25, -0.2) is 0 Å². The Morgan fingerprint density at radius 2 is 1.14 bits per heavy atom. The summed E-state index contributed by atoms with van der Waals surface area (Å²) >= 11 is 0. The molecule has 10 atom stereocenters. The molecule has 0 saturated carbocycles. The first kappa shape index (κ1) is 39.4. The van der Waals surface area contributed by atoms with Crippen molar-refractivity contribution in [2.24, 2.45) is 0 Å². The summed E-state index contributed by atoms with van der Waals surface area (Å²) in [5.74, 6) is 0.00847. The molecule has 49 heavy (non-hydrogen) atoms. The zero-order chi connectivity index (χ0) is 35.2. The van der Waals surface area contributed by atoms with Gasteiger partial charge in [-0.05, 0) is 18.4 Å². The SMILES string of the molecule is O=C(c1ccccc1)c1ccc(COCCCCCCCCCCO[C@@H]2OC(CO)[C@@H](O[C@H]3OC(CO)[C@@H](O)[C@H](O)C3O)[C@H](O)C2O)cc1. The lowest BCUT2D eigenvalue weighted by Crippen LogP contribution is -2.64. The van der Waals surface area contributed by atoms with Crippen LogP contribution in [0.15, 0.2) is 54.6 Å². The van der Waals surface area contributed by atoms with Crippen LogP contribution in [0.25, 0.3) is 0 Å². The highest BCUT2D eigenvalue weighted by molar-refractivity contribution is 6.08. The summed E-state index contributed by atoms with van der Waals surface area (Å²) in [5.41, 5.74) is 2.37. The fourth-order valence-corrected chi connectivity index (χ4v) is 5.96. The number of hydrogen-bond donors (Lipinski definition) is 7. The molecule has 13 heteroatoms. The molecule has 4 unspecified atom stereocenters. The average Bonchev–Trinajstić information content (AvgIpc) is 3.13. The molecule has 274 valence electrons. The Bertz CT molecular complexity index is 1210. The second-order valence-corrected chi connectivity index (χ2v) is 12.6. The monoisotopic (exact) mass is 692 g/mol. The molecule has 2 fully saturated rings. The maximum absolute atomic E-state index is 12.5. The molecule has 0 aromatic heterocycles. The molecule has 0 radical (unpaired) electrons. The Kier molecular flexibility index (Phi) is 16.5. The Morgan fingerprint density at radius 3 is 1.78 bits per heavy atom. The number of benzene rings is 2. The van der Waals surface area contributed by atoms with Crippen LogP contribution in [0.2, 0.25) is 0 Å². The molecule has 0 spiro atoms. The molecule has 0 aliphatic carbocycles. The number of carbonyl (C=O) groups is 1. The van der Waals surface area contributed by atoms with Crippen molar-refractivity contribution >= 4 is 5.78 Å². The summed E-state index contributed by atoms with van der Waals surface area (Å²) in [6, 6.07) is 16.8. The van der Waals surface area contributed by atoms with Gasteiger partial charge in [0.05, 0.1) is 19.8 Å². The third-order valence-electron chi connectivity index (χ3n) is 8.95. The van der Waals surface area contributed by atoms with E-state index < -0.39 is 74.6 Å². The molecule has 4 rings (SSSR count). The van der Waals surface area contributed by atoms with Gasteiger partial charge < -0.3 is 59.4 Å². The van der Waals surface area contributed by atoms with E-state index >= 15 is 0 Å². The average molecular weight is 693 g/mol. The number of aliphatic hydroxyl groups excluding tert-OH is 7. The predicted molar refractivity (Wildman–Crippen MR) is 175 cm³/mol. The Labute approximate surface area is 287 Å². The van der Waals surface area contributed by atoms with Gasteiger partial charge in [-0.2, -0.15) is 0 Å². The number of hydrogen-bond acceptors (Lipinski definition) is 13. The van der Waals surface area contributed by atoms with E-state index in [1.807, 2.05) is 54.6 Å². The summed E-state index contributed by atoms with van der Waals surface area (Å²) in [6.45, 7) is 0.203. The number of unbranched alkanes of at least 4 members (excludes halogenated alkanes) is 7. The summed E-state index contributed by atoms with van der Waals surface area (Å²) < 4.78 is 28.0. The lowest BCUT2D eigenvalue weighted by molar-refractivity contribution is -0.359. The first-order valence-electron chi connectivity index (χ1n) is 17.2. The molecule has 0 amide bonds. The van der Waals surface area contributed by atoms with Crippen LogP contribution in [-0.4, -0.2) is 129 Å². The first-order valence-corrected chi connectivity index (χ1v) is 17.2. The molecule has 0 bridgehead atoms. The Balaban J connectivity index is 1.02. The minimum atomic E-state index is -1.72. The van der Waals surface area contributed by atoms with Crippen LogP contribution in [0.4, 0.5) is 0 Å². The number of aliphatic hydroxyl groups is 7. The van der Waals surface area contributed by atoms with Gasteiger partial charge in [0.1, 0.15) is 48.8 Å². The van der Waals surface area contributed by atoms with Crippen LogP contribution in [0.1, 0.15) is 72.9 Å². The number of ether oxygens (including phenoxy) is 5. The zero-order valence-corrected chi connectivity index (χ0v) is 27.7.